The number of carboxylic acids is 2. The maximum atomic E-state index is 13.1. The molecule has 1 fully saturated rings. The van der Waals surface area contributed by atoms with E-state index in [0.29, 0.717) is 6.42 Å². The van der Waals surface area contributed by atoms with Crippen LogP contribution in [-0.2, 0) is 38.4 Å². The molecule has 1 aliphatic rings. The molecule has 0 spiro atoms. The van der Waals surface area contributed by atoms with Gasteiger partial charge in [-0.25, -0.2) is 0 Å². The van der Waals surface area contributed by atoms with Gasteiger partial charge in [-0.2, -0.15) is 0 Å². The number of carbonyl (C=O) groups excluding carboxylic acids is 6. The number of nitrogens with one attached hydrogen (secondary N) is 4. The second kappa shape index (κ2) is 16.8. The molecule has 0 aromatic rings. The van der Waals surface area contributed by atoms with Crippen molar-refractivity contribution in [3.05, 3.63) is 0 Å². The summed E-state index contributed by atoms with van der Waals surface area (Å²) in [5.74, 6) is -7.43. The fourth-order valence-corrected chi connectivity index (χ4v) is 3.97. The van der Waals surface area contributed by atoms with Gasteiger partial charge in [0.1, 0.15) is 30.2 Å². The van der Waals surface area contributed by atoms with Crippen molar-refractivity contribution in [2.75, 3.05) is 13.2 Å². The second-order valence-electron chi connectivity index (χ2n) is 9.83. The quantitative estimate of drug-likeness (QED) is 0.0762. The smallest absolute Gasteiger partial charge is 0.303 e. The van der Waals surface area contributed by atoms with Crippen molar-refractivity contribution in [3.8, 4) is 0 Å². The number of carboxylic acid groups (broad SMARTS) is 2. The van der Waals surface area contributed by atoms with E-state index >= 15 is 0 Å². The minimum absolute atomic E-state index is 0.139. The minimum atomic E-state index is -1.49. The third-order valence-electron chi connectivity index (χ3n) is 6.46. The maximum absolute atomic E-state index is 13.1. The number of primary amides is 1. The Balaban J connectivity index is 2.86. The van der Waals surface area contributed by atoms with Crippen LogP contribution in [0.15, 0.2) is 0 Å². The molecular formula is C24H39N7O11. The first-order valence-corrected chi connectivity index (χ1v) is 13.2. The Bertz CT molecular complexity index is 1050. The molecule has 0 aliphatic carbocycles. The summed E-state index contributed by atoms with van der Waals surface area (Å²) >= 11 is 0. The third kappa shape index (κ3) is 11.3. The number of likely N-dealkylation sites (tertiary alicyclic amines) is 1. The van der Waals surface area contributed by atoms with Gasteiger partial charge in [0, 0.05) is 19.4 Å². The lowest BCUT2D eigenvalue weighted by molar-refractivity contribution is -0.143. The summed E-state index contributed by atoms with van der Waals surface area (Å²) < 4.78 is 0. The molecule has 11 N–H and O–H groups in total. The summed E-state index contributed by atoms with van der Waals surface area (Å²) in [7, 11) is 0. The van der Waals surface area contributed by atoms with E-state index in [4.69, 9.17) is 21.7 Å². The fraction of sp³-hybridized carbons (Fsp3) is 0.667. The zero-order chi connectivity index (χ0) is 32.1. The Morgan fingerprint density at radius 1 is 0.810 bits per heavy atom. The molecule has 42 heavy (non-hydrogen) atoms. The minimum Gasteiger partial charge on any atom is -0.481 e. The van der Waals surface area contributed by atoms with Gasteiger partial charge in [-0.15, -0.1) is 0 Å². The highest BCUT2D eigenvalue weighted by Gasteiger charge is 2.38. The van der Waals surface area contributed by atoms with Crippen molar-refractivity contribution >= 4 is 47.4 Å². The molecule has 6 atom stereocenters. The van der Waals surface area contributed by atoms with Gasteiger partial charge < -0.3 is 53.0 Å². The van der Waals surface area contributed by atoms with E-state index in [1.807, 2.05) is 0 Å². The van der Waals surface area contributed by atoms with Crippen LogP contribution in [0.4, 0.5) is 0 Å². The average molecular weight is 602 g/mol. The summed E-state index contributed by atoms with van der Waals surface area (Å²) in [6.45, 7) is 1.90. The Hall–Kier alpha value is -4.32. The number of hydrogen-bond donors (Lipinski definition) is 9. The number of aliphatic hydroxyl groups excluding tert-OH is 1. The Morgan fingerprint density at radius 2 is 1.38 bits per heavy atom. The Kier molecular flexibility index (Phi) is 14.3. The number of nitrogens with zero attached hydrogens (tertiary/aromatic N) is 1. The second-order valence-corrected chi connectivity index (χ2v) is 9.83. The average Bonchev–Trinajstić information content (AvgIpc) is 3.41. The molecule has 0 aromatic heterocycles. The number of nitrogens with two attached hydrogens (primary N) is 2. The normalized spacial score (nSPS) is 18.0. The molecule has 236 valence electrons. The summed E-state index contributed by atoms with van der Waals surface area (Å²) in [5.41, 5.74) is 10.8. The molecule has 0 bridgehead atoms. The number of aliphatic carboxylic acids is 2. The number of amides is 6. The van der Waals surface area contributed by atoms with E-state index in [1.54, 1.807) is 0 Å². The fourth-order valence-electron chi connectivity index (χ4n) is 3.97. The first kappa shape index (κ1) is 35.7. The monoisotopic (exact) mass is 601 g/mol. The predicted octanol–water partition coefficient (Wildman–Crippen LogP) is -4.51. The molecule has 1 saturated heterocycles. The summed E-state index contributed by atoms with van der Waals surface area (Å²) in [6.07, 6.45) is -0.863. The van der Waals surface area contributed by atoms with Crippen LogP contribution in [0.25, 0.3) is 0 Å². The highest BCUT2D eigenvalue weighted by molar-refractivity contribution is 5.96. The SMILES string of the molecule is C[C@H](NC(=O)[C@@H]1CCCN1C(=O)[C@H](CO)NC(=O)[C@H](C)NC(=O)[C@H](CCC(=O)O)NC(=O)[C@@H](N)CCC(=O)O)C(N)=O. The van der Waals surface area contributed by atoms with Crippen molar-refractivity contribution in [1.82, 2.24) is 26.2 Å². The standard InChI is InChI=1S/C24H39N7O11/c1-11(19(26)37)27-23(41)16-4-3-9-31(16)24(42)15(10-32)30-20(38)12(2)28-22(40)14(6-8-18(35)36)29-21(39)13(25)5-7-17(33)34/h11-16,32H,3-10,25H2,1-2H3,(H2,26,37)(H,27,41)(H,28,40)(H,29,39)(H,30,38)(H,33,34)(H,35,36)/t11-,12-,13-,14-,15-,16-/m0/s1. The molecule has 18 heteroatoms. The van der Waals surface area contributed by atoms with Gasteiger partial charge in [-0.1, -0.05) is 0 Å². The van der Waals surface area contributed by atoms with Crippen molar-refractivity contribution < 1.29 is 53.7 Å². The summed E-state index contributed by atoms with van der Waals surface area (Å²) in [5, 5.41) is 36.7. The van der Waals surface area contributed by atoms with Gasteiger partial charge in [0.15, 0.2) is 0 Å². The molecule has 6 amide bonds. The van der Waals surface area contributed by atoms with Gasteiger partial charge in [0.2, 0.25) is 35.4 Å². The molecular weight excluding hydrogens is 562 g/mol. The first-order valence-electron chi connectivity index (χ1n) is 13.2. The summed E-state index contributed by atoms with van der Waals surface area (Å²) in [6, 6.07) is -7.53. The molecule has 0 saturated carbocycles. The number of rotatable bonds is 17. The van der Waals surface area contributed by atoms with E-state index in [0.717, 1.165) is 4.90 Å². The maximum Gasteiger partial charge on any atom is 0.303 e. The van der Waals surface area contributed by atoms with E-state index < -0.39 is 103 Å². The zero-order valence-corrected chi connectivity index (χ0v) is 23.3. The molecule has 0 unspecified atom stereocenters. The van der Waals surface area contributed by atoms with E-state index in [-0.39, 0.29) is 25.8 Å². The van der Waals surface area contributed by atoms with Crippen molar-refractivity contribution in [2.24, 2.45) is 11.5 Å². The first-order chi connectivity index (χ1) is 19.6. The number of aliphatic hydroxyl groups is 1. The van der Waals surface area contributed by atoms with E-state index in [2.05, 4.69) is 21.3 Å². The third-order valence-corrected chi connectivity index (χ3v) is 6.46. The summed E-state index contributed by atoms with van der Waals surface area (Å²) in [4.78, 5) is 97.7. The Labute approximate surface area is 240 Å². The zero-order valence-electron chi connectivity index (χ0n) is 23.3. The van der Waals surface area contributed by atoms with Crippen LogP contribution in [0, 0.1) is 0 Å². The van der Waals surface area contributed by atoms with Gasteiger partial charge >= 0.3 is 11.9 Å². The van der Waals surface area contributed by atoms with Gasteiger partial charge in [0.05, 0.1) is 12.6 Å². The van der Waals surface area contributed by atoms with Crippen molar-refractivity contribution in [1.29, 1.82) is 0 Å². The van der Waals surface area contributed by atoms with Crippen LogP contribution in [0.2, 0.25) is 0 Å². The Morgan fingerprint density at radius 3 is 1.93 bits per heavy atom. The molecule has 1 heterocycles. The lowest BCUT2D eigenvalue weighted by atomic mass is 10.1. The van der Waals surface area contributed by atoms with Crippen LogP contribution < -0.4 is 32.7 Å². The van der Waals surface area contributed by atoms with Crippen molar-refractivity contribution in [2.45, 2.75) is 88.6 Å². The number of hydrogen-bond acceptors (Lipinski definition) is 10. The van der Waals surface area contributed by atoms with E-state index in [9.17, 15) is 43.5 Å². The number of carbonyl (C=O) groups is 8. The molecule has 1 aliphatic heterocycles. The highest BCUT2D eigenvalue weighted by atomic mass is 16.4. The van der Waals surface area contributed by atoms with Crippen molar-refractivity contribution in [3.63, 3.8) is 0 Å². The lowest BCUT2D eigenvalue weighted by Crippen LogP contribution is -2.59. The molecule has 18 nitrogen and oxygen atoms in total. The van der Waals surface area contributed by atoms with E-state index in [1.165, 1.54) is 13.8 Å². The molecule has 0 aromatic carbocycles. The van der Waals surface area contributed by atoms with Gasteiger partial charge in [-0.3, -0.25) is 38.4 Å². The van der Waals surface area contributed by atoms with Crippen LogP contribution in [-0.4, -0.2) is 117 Å². The molecule has 1 rings (SSSR count). The highest BCUT2D eigenvalue weighted by Crippen LogP contribution is 2.19. The largest absolute Gasteiger partial charge is 0.481 e. The van der Waals surface area contributed by atoms with Gasteiger partial charge in [0.25, 0.3) is 0 Å². The lowest BCUT2D eigenvalue weighted by Gasteiger charge is -2.29. The predicted molar refractivity (Wildman–Crippen MR) is 142 cm³/mol. The van der Waals surface area contributed by atoms with Crippen LogP contribution in [0.3, 0.4) is 0 Å². The van der Waals surface area contributed by atoms with Crippen LogP contribution in [0.5, 0.6) is 0 Å². The molecule has 0 radical (unpaired) electrons. The topological polar surface area (TPSA) is 301 Å². The van der Waals surface area contributed by atoms with Crippen LogP contribution >= 0.6 is 0 Å². The van der Waals surface area contributed by atoms with Crippen LogP contribution in [0.1, 0.15) is 52.4 Å². The van der Waals surface area contributed by atoms with Gasteiger partial charge in [-0.05, 0) is 39.5 Å².